The van der Waals surface area contributed by atoms with Gasteiger partial charge in [0.05, 0.1) is 6.61 Å². The number of amides is 2. The Bertz CT molecular complexity index is 1390. The Balaban J connectivity index is 1.85. The molecule has 0 spiro atoms. The molecule has 222 valence electrons. The van der Waals surface area contributed by atoms with Crippen LogP contribution in [0.4, 0.5) is 10.5 Å². The summed E-state index contributed by atoms with van der Waals surface area (Å²) in [5, 5.41) is 14.9. The molecule has 3 aromatic rings. The smallest absolute Gasteiger partial charge is 0.412 e. The van der Waals surface area contributed by atoms with Crippen molar-refractivity contribution in [3.8, 4) is 0 Å². The highest BCUT2D eigenvalue weighted by atomic mass is 16.5. The fourth-order valence-electron chi connectivity index (χ4n) is 4.11. The molecule has 1 unspecified atom stereocenters. The van der Waals surface area contributed by atoms with Crippen LogP contribution in [0.1, 0.15) is 36.9 Å². The van der Waals surface area contributed by atoms with Crippen LogP contribution >= 0.6 is 0 Å². The first-order valence-corrected chi connectivity index (χ1v) is 13.6. The molecule has 11 heteroatoms. The lowest BCUT2D eigenvalue weighted by atomic mass is 10.0. The van der Waals surface area contributed by atoms with Gasteiger partial charge in [0.1, 0.15) is 24.6 Å². The predicted molar refractivity (Wildman–Crippen MR) is 157 cm³/mol. The molecular formula is C31H36N4O7. The van der Waals surface area contributed by atoms with Gasteiger partial charge in [-0.05, 0) is 43.0 Å². The first-order chi connectivity index (χ1) is 20.3. The Morgan fingerprint density at radius 2 is 1.62 bits per heavy atom. The second kappa shape index (κ2) is 16.5. The number of pyridine rings is 1. The summed E-state index contributed by atoms with van der Waals surface area (Å²) in [6.07, 6.45) is 2.70. The molecule has 5 N–H and O–H groups in total. The number of esters is 1. The Kier molecular flexibility index (Phi) is 12.5. The lowest BCUT2D eigenvalue weighted by Crippen LogP contribution is -2.43. The van der Waals surface area contributed by atoms with Crippen molar-refractivity contribution >= 4 is 23.7 Å². The second-order valence-electron chi connectivity index (χ2n) is 9.40. The number of carbonyl (C=O) groups is 3. The minimum atomic E-state index is -1.12. The summed E-state index contributed by atoms with van der Waals surface area (Å²) in [4.78, 5) is 51.5. The number of anilines is 1. The number of nitrogens with zero attached hydrogens (tertiary/aromatic N) is 1. The Morgan fingerprint density at radius 1 is 0.952 bits per heavy atom. The van der Waals surface area contributed by atoms with E-state index in [4.69, 9.17) is 15.2 Å². The van der Waals surface area contributed by atoms with Gasteiger partial charge < -0.3 is 30.2 Å². The van der Waals surface area contributed by atoms with Crippen LogP contribution in [0.5, 0.6) is 0 Å². The highest BCUT2D eigenvalue weighted by Crippen LogP contribution is 2.16. The third kappa shape index (κ3) is 10.3. The number of aromatic nitrogens is 1. The van der Waals surface area contributed by atoms with E-state index in [0.717, 1.165) is 11.1 Å². The third-order valence-electron chi connectivity index (χ3n) is 6.19. The van der Waals surface area contributed by atoms with E-state index in [-0.39, 0.29) is 38.2 Å². The number of aliphatic hydroxyl groups is 1. The summed E-state index contributed by atoms with van der Waals surface area (Å²) >= 11 is 0. The molecule has 0 aliphatic heterocycles. The molecule has 3 rings (SSSR count). The molecule has 0 radical (unpaired) electrons. The van der Waals surface area contributed by atoms with Crippen LogP contribution in [0.2, 0.25) is 0 Å². The van der Waals surface area contributed by atoms with E-state index in [1.165, 1.54) is 29.0 Å². The molecule has 2 amide bonds. The maximum absolute atomic E-state index is 13.7. The Hall–Kier alpha value is -4.74. The second-order valence-corrected chi connectivity index (χ2v) is 9.40. The highest BCUT2D eigenvalue weighted by molar-refractivity contribution is 5.85. The van der Waals surface area contributed by atoms with Crippen molar-refractivity contribution in [2.24, 2.45) is 5.73 Å². The first-order valence-electron chi connectivity index (χ1n) is 13.6. The summed E-state index contributed by atoms with van der Waals surface area (Å²) in [6.45, 7) is 1.88. The van der Waals surface area contributed by atoms with E-state index in [1.54, 1.807) is 25.1 Å². The van der Waals surface area contributed by atoms with Gasteiger partial charge in [-0.1, -0.05) is 66.7 Å². The molecule has 1 aromatic heterocycles. The molecule has 0 bridgehead atoms. The normalized spacial score (nSPS) is 13.1. The van der Waals surface area contributed by atoms with Crippen molar-refractivity contribution in [1.29, 1.82) is 0 Å². The summed E-state index contributed by atoms with van der Waals surface area (Å²) in [5.74, 6) is -1.10. The number of benzene rings is 2. The van der Waals surface area contributed by atoms with Gasteiger partial charge in [-0.25, -0.2) is 9.59 Å². The van der Waals surface area contributed by atoms with Gasteiger partial charge in [-0.15, -0.1) is 0 Å². The van der Waals surface area contributed by atoms with E-state index in [9.17, 15) is 24.3 Å². The molecule has 11 nitrogen and oxygen atoms in total. The summed E-state index contributed by atoms with van der Waals surface area (Å²) < 4.78 is 11.4. The average molecular weight is 577 g/mol. The quantitative estimate of drug-likeness (QED) is 0.129. The van der Waals surface area contributed by atoms with E-state index < -0.39 is 41.8 Å². The van der Waals surface area contributed by atoms with Crippen molar-refractivity contribution in [2.45, 2.75) is 51.1 Å². The predicted octanol–water partition coefficient (Wildman–Crippen LogP) is 3.04. The van der Waals surface area contributed by atoms with Crippen LogP contribution in [-0.4, -0.2) is 46.5 Å². The summed E-state index contributed by atoms with van der Waals surface area (Å²) in [6, 6.07) is 19.5. The standard InChI is InChI=1S/C31H36N4O7/c1-2-41-28(37)18-16-24(15-17-27(32)36)33-29(38)26(20-22-10-5-3-6-11-22)35-19-9-14-25(30(35)39)34-31(40)42-21-23-12-7-4-8-13-23/h3-14,16,18-19,24,26-27,36H,2,15,17,20-21,32H2,1H3,(H,33,38)(H,34,40)/b18-16+/t24-,26+,27?/m0/s1. The maximum atomic E-state index is 13.7. The van der Waals surface area contributed by atoms with Gasteiger partial charge >= 0.3 is 12.1 Å². The zero-order valence-electron chi connectivity index (χ0n) is 23.3. The van der Waals surface area contributed by atoms with Crippen LogP contribution in [0, 0.1) is 0 Å². The molecule has 1 heterocycles. The molecule has 0 saturated carbocycles. The monoisotopic (exact) mass is 576 g/mol. The van der Waals surface area contributed by atoms with Crippen molar-refractivity contribution < 1.29 is 29.0 Å². The molecule has 0 aliphatic rings. The first kappa shape index (κ1) is 31.8. The number of nitrogens with two attached hydrogens (primary N) is 1. The van der Waals surface area contributed by atoms with Crippen LogP contribution in [0.15, 0.2) is 95.9 Å². The minimum Gasteiger partial charge on any atom is -0.463 e. The maximum Gasteiger partial charge on any atom is 0.412 e. The average Bonchev–Trinajstić information content (AvgIpc) is 2.98. The Labute approximate surface area is 244 Å². The van der Waals surface area contributed by atoms with E-state index in [1.807, 2.05) is 48.5 Å². The van der Waals surface area contributed by atoms with E-state index >= 15 is 0 Å². The number of aliphatic hydroxyl groups excluding tert-OH is 1. The van der Waals surface area contributed by atoms with E-state index in [2.05, 4.69) is 10.6 Å². The number of nitrogens with one attached hydrogen (secondary N) is 2. The molecular weight excluding hydrogens is 540 g/mol. The fraction of sp³-hybridized carbons (Fsp3) is 0.290. The SMILES string of the molecule is CCOC(=O)/C=C/[C@H](CCC(N)O)NC(=O)[C@@H](Cc1ccccc1)n1cccc(NC(=O)OCc2ccccc2)c1=O. The zero-order valence-corrected chi connectivity index (χ0v) is 23.3. The van der Waals surface area contributed by atoms with Gasteiger partial charge in [0.25, 0.3) is 5.56 Å². The molecule has 42 heavy (non-hydrogen) atoms. The molecule has 0 aliphatic carbocycles. The molecule has 0 saturated heterocycles. The number of carbonyl (C=O) groups excluding carboxylic acids is 3. The van der Waals surface area contributed by atoms with Crippen molar-refractivity contribution in [1.82, 2.24) is 9.88 Å². The van der Waals surface area contributed by atoms with Crippen LogP contribution < -0.4 is 21.9 Å². The summed E-state index contributed by atoms with van der Waals surface area (Å²) in [5.41, 5.74) is 6.40. The van der Waals surface area contributed by atoms with Gasteiger partial charge in [0.15, 0.2) is 0 Å². The lowest BCUT2D eigenvalue weighted by Gasteiger charge is -2.23. The van der Waals surface area contributed by atoms with Gasteiger partial charge in [0, 0.05) is 24.7 Å². The van der Waals surface area contributed by atoms with E-state index in [0.29, 0.717) is 0 Å². The third-order valence-corrected chi connectivity index (χ3v) is 6.19. The van der Waals surface area contributed by atoms with Crippen LogP contribution in [0.25, 0.3) is 0 Å². The van der Waals surface area contributed by atoms with Crippen LogP contribution in [-0.2, 0) is 32.1 Å². The minimum absolute atomic E-state index is 0.0188. The topological polar surface area (TPSA) is 162 Å². The number of hydrogen-bond donors (Lipinski definition) is 4. The molecule has 3 atom stereocenters. The number of hydrogen-bond acceptors (Lipinski definition) is 8. The van der Waals surface area contributed by atoms with Gasteiger partial charge in [0.2, 0.25) is 5.91 Å². The van der Waals surface area contributed by atoms with Crippen molar-refractivity contribution in [3.63, 3.8) is 0 Å². The van der Waals surface area contributed by atoms with Crippen LogP contribution in [0.3, 0.4) is 0 Å². The van der Waals surface area contributed by atoms with Crippen molar-refractivity contribution in [3.05, 3.63) is 113 Å². The van der Waals surface area contributed by atoms with Gasteiger partial charge in [-0.3, -0.25) is 14.9 Å². The molecule has 0 fully saturated rings. The molecule has 2 aromatic carbocycles. The Morgan fingerprint density at radius 3 is 2.26 bits per heavy atom. The van der Waals surface area contributed by atoms with Crippen molar-refractivity contribution in [2.75, 3.05) is 11.9 Å². The largest absolute Gasteiger partial charge is 0.463 e. The zero-order chi connectivity index (χ0) is 30.3. The van der Waals surface area contributed by atoms with Gasteiger partial charge in [-0.2, -0.15) is 0 Å². The number of ether oxygens (including phenoxy) is 2. The number of rotatable bonds is 14. The lowest BCUT2D eigenvalue weighted by molar-refractivity contribution is -0.137. The summed E-state index contributed by atoms with van der Waals surface area (Å²) in [7, 11) is 0. The fourth-order valence-corrected chi connectivity index (χ4v) is 4.11. The highest BCUT2D eigenvalue weighted by Gasteiger charge is 2.25.